The van der Waals surface area contributed by atoms with Gasteiger partial charge in [0.15, 0.2) is 0 Å². The third kappa shape index (κ3) is 9.93. The van der Waals surface area contributed by atoms with Gasteiger partial charge < -0.3 is 19.6 Å². The van der Waals surface area contributed by atoms with Crippen molar-refractivity contribution in [2.45, 2.75) is 26.2 Å². The van der Waals surface area contributed by atoms with Crippen molar-refractivity contribution in [2.75, 3.05) is 19.6 Å². The van der Waals surface area contributed by atoms with Gasteiger partial charge in [-0.2, -0.15) is 0 Å². The Balaban J connectivity index is 0.998. The topological polar surface area (TPSA) is 13.0 Å². The standard InChI is InChI=1S/C78H62N4/c1-78(2,3)57-46-55-70-73(56-57)77(72-43-25-27-45-75(72)82(63-38-20-9-21-39-63)67-53-49-65(50-54-67)80(60-32-14-6-15-33-60)61-34-16-7-17-35-61)69-41-23-22-40-68(69)76(70)71-42-24-26-44-74(71)81(62-36-18-8-19-37-62)66-51-47-64(48-52-66)79(58-28-10-4-11-29-58)59-30-12-5-13-31-59/h4-56H,1-3H3. The molecule has 0 aliphatic carbocycles. The average Bonchev–Trinajstić information content (AvgIpc) is 1.80. The lowest BCUT2D eigenvalue weighted by Gasteiger charge is -2.31. The molecule has 0 N–H and O–H groups in total. The number of nitrogens with zero attached hydrogens (tertiary/aromatic N) is 4. The number of hydrogen-bond donors (Lipinski definition) is 0. The summed E-state index contributed by atoms with van der Waals surface area (Å²) in [6.07, 6.45) is 0. The number of anilines is 12. The lowest BCUT2D eigenvalue weighted by molar-refractivity contribution is 0.591. The Kier molecular flexibility index (Phi) is 13.9. The minimum absolute atomic E-state index is 0.118. The van der Waals surface area contributed by atoms with Gasteiger partial charge >= 0.3 is 0 Å². The zero-order valence-electron chi connectivity index (χ0n) is 46.4. The average molecular weight is 1060 g/mol. The van der Waals surface area contributed by atoms with Crippen LogP contribution in [0.5, 0.6) is 0 Å². The number of rotatable bonds is 14. The largest absolute Gasteiger partial charge is 0.311 e. The van der Waals surface area contributed by atoms with E-state index in [1.807, 2.05) is 0 Å². The summed E-state index contributed by atoms with van der Waals surface area (Å²) in [6, 6.07) is 116. The Morgan fingerprint density at radius 2 is 0.451 bits per heavy atom. The highest BCUT2D eigenvalue weighted by Crippen LogP contribution is 2.52. The number of hydrogen-bond acceptors (Lipinski definition) is 4. The van der Waals surface area contributed by atoms with Crippen LogP contribution >= 0.6 is 0 Å². The van der Waals surface area contributed by atoms with Crippen molar-refractivity contribution in [3.8, 4) is 22.3 Å². The SMILES string of the molecule is CC(C)(C)c1ccc2c(-c3ccccc3N(c3ccccc3)c3ccc(N(c4ccccc4)c4ccccc4)cc3)c3ccccc3c(-c3ccccc3N(c3ccccc3)c3ccc(N(c4ccccc4)c4ccccc4)cc3)c2c1. The first kappa shape index (κ1) is 51.0. The fourth-order valence-corrected chi connectivity index (χ4v) is 11.7. The Hall–Kier alpha value is -10.4. The van der Waals surface area contributed by atoms with E-state index < -0.39 is 0 Å². The van der Waals surface area contributed by atoms with E-state index in [0.717, 1.165) is 79.4 Å². The maximum absolute atomic E-state index is 2.47. The third-order valence-corrected chi connectivity index (χ3v) is 15.5. The van der Waals surface area contributed by atoms with Gasteiger partial charge in [0.2, 0.25) is 0 Å². The van der Waals surface area contributed by atoms with Gasteiger partial charge in [0, 0.05) is 68.0 Å². The molecule has 0 radical (unpaired) electrons. The summed E-state index contributed by atoms with van der Waals surface area (Å²) in [5, 5.41) is 4.75. The number of fused-ring (bicyclic) bond motifs is 2. The van der Waals surface area contributed by atoms with Crippen LogP contribution in [0, 0.1) is 0 Å². The molecule has 0 saturated carbocycles. The summed E-state index contributed by atoms with van der Waals surface area (Å²) in [5.74, 6) is 0. The molecule has 0 unspecified atom stereocenters. The molecule has 0 aromatic heterocycles. The van der Waals surface area contributed by atoms with Crippen molar-refractivity contribution in [3.63, 3.8) is 0 Å². The van der Waals surface area contributed by atoms with Crippen molar-refractivity contribution in [1.29, 1.82) is 0 Å². The van der Waals surface area contributed by atoms with Crippen LogP contribution in [0.4, 0.5) is 68.2 Å². The van der Waals surface area contributed by atoms with Crippen LogP contribution in [0.2, 0.25) is 0 Å². The molecule has 82 heavy (non-hydrogen) atoms. The van der Waals surface area contributed by atoms with Gasteiger partial charge in [-0.05, 0) is 183 Å². The first-order valence-electron chi connectivity index (χ1n) is 28.3. The third-order valence-electron chi connectivity index (χ3n) is 15.5. The van der Waals surface area contributed by atoms with Gasteiger partial charge in [-0.3, -0.25) is 0 Å². The van der Waals surface area contributed by atoms with E-state index in [1.54, 1.807) is 0 Å². The number of benzene rings is 13. The molecule has 0 aliphatic heterocycles. The minimum Gasteiger partial charge on any atom is -0.311 e. The summed E-state index contributed by atoms with van der Waals surface area (Å²) < 4.78 is 0. The second kappa shape index (κ2) is 22.4. The molecule has 0 aliphatic rings. The van der Waals surface area contributed by atoms with Crippen LogP contribution in [0.3, 0.4) is 0 Å². The normalized spacial score (nSPS) is 11.4. The molecule has 0 bridgehead atoms. The molecule has 13 aromatic rings. The quantitative estimate of drug-likeness (QED) is 0.101. The lowest BCUT2D eigenvalue weighted by atomic mass is 9.80. The molecule has 0 saturated heterocycles. The van der Waals surface area contributed by atoms with Crippen LogP contribution in [-0.4, -0.2) is 0 Å². The van der Waals surface area contributed by atoms with Crippen molar-refractivity contribution in [3.05, 3.63) is 327 Å². The number of para-hydroxylation sites is 8. The molecule has 13 rings (SSSR count). The summed E-state index contributed by atoms with van der Waals surface area (Å²) in [4.78, 5) is 9.48. The molecular formula is C78H62N4. The summed E-state index contributed by atoms with van der Waals surface area (Å²) in [7, 11) is 0. The van der Waals surface area contributed by atoms with Crippen molar-refractivity contribution in [2.24, 2.45) is 0 Å². The summed E-state index contributed by atoms with van der Waals surface area (Å²) in [5.41, 5.74) is 18.8. The lowest BCUT2D eigenvalue weighted by Crippen LogP contribution is -2.13. The van der Waals surface area contributed by atoms with Crippen LogP contribution < -0.4 is 19.6 Å². The molecule has 13 aromatic carbocycles. The first-order valence-corrected chi connectivity index (χ1v) is 28.3. The van der Waals surface area contributed by atoms with Crippen molar-refractivity contribution < 1.29 is 0 Å². The Labute approximate surface area is 482 Å². The van der Waals surface area contributed by atoms with Crippen LogP contribution in [0.15, 0.2) is 322 Å². The highest BCUT2D eigenvalue weighted by atomic mass is 15.2. The predicted molar refractivity (Wildman–Crippen MR) is 350 cm³/mol. The fraction of sp³-hybridized carbons (Fsp3) is 0.0513. The van der Waals surface area contributed by atoms with E-state index in [2.05, 4.69) is 362 Å². The second-order valence-corrected chi connectivity index (χ2v) is 21.7. The van der Waals surface area contributed by atoms with Gasteiger partial charge in [0.05, 0.1) is 11.4 Å². The van der Waals surface area contributed by atoms with Crippen LogP contribution in [-0.2, 0) is 5.41 Å². The Morgan fingerprint density at radius 1 is 0.207 bits per heavy atom. The van der Waals surface area contributed by atoms with Gasteiger partial charge in [-0.25, -0.2) is 0 Å². The molecule has 4 nitrogen and oxygen atoms in total. The molecule has 0 fully saturated rings. The van der Waals surface area contributed by atoms with E-state index in [1.165, 1.54) is 38.2 Å². The molecule has 0 atom stereocenters. The van der Waals surface area contributed by atoms with Gasteiger partial charge in [0.1, 0.15) is 0 Å². The smallest absolute Gasteiger partial charge is 0.0540 e. The van der Waals surface area contributed by atoms with Gasteiger partial charge in [0.25, 0.3) is 0 Å². The van der Waals surface area contributed by atoms with Gasteiger partial charge in [-0.1, -0.05) is 203 Å². The molecule has 0 heterocycles. The molecule has 394 valence electrons. The van der Waals surface area contributed by atoms with Crippen molar-refractivity contribution >= 4 is 89.8 Å². The Bertz CT molecular complexity index is 4200. The zero-order valence-corrected chi connectivity index (χ0v) is 46.4. The maximum Gasteiger partial charge on any atom is 0.0540 e. The van der Waals surface area contributed by atoms with E-state index in [9.17, 15) is 0 Å². The van der Waals surface area contributed by atoms with E-state index in [0.29, 0.717) is 0 Å². The van der Waals surface area contributed by atoms with E-state index in [-0.39, 0.29) is 5.41 Å². The highest BCUT2D eigenvalue weighted by Gasteiger charge is 2.27. The predicted octanol–water partition coefficient (Wildman–Crippen LogP) is 22.5. The molecule has 4 heteroatoms. The summed E-state index contributed by atoms with van der Waals surface area (Å²) in [6.45, 7) is 6.95. The van der Waals surface area contributed by atoms with Gasteiger partial charge in [-0.15, -0.1) is 0 Å². The summed E-state index contributed by atoms with van der Waals surface area (Å²) >= 11 is 0. The maximum atomic E-state index is 2.47. The van der Waals surface area contributed by atoms with Crippen LogP contribution in [0.1, 0.15) is 26.3 Å². The minimum atomic E-state index is -0.118. The highest BCUT2D eigenvalue weighted by molar-refractivity contribution is 6.24. The Morgan fingerprint density at radius 3 is 0.780 bits per heavy atom. The molecular weight excluding hydrogens is 993 g/mol. The second-order valence-electron chi connectivity index (χ2n) is 21.7. The van der Waals surface area contributed by atoms with E-state index in [4.69, 9.17) is 0 Å². The first-order chi connectivity index (χ1) is 40.4. The zero-order chi connectivity index (χ0) is 55.4. The monoisotopic (exact) mass is 1050 g/mol. The van der Waals surface area contributed by atoms with Crippen molar-refractivity contribution in [1.82, 2.24) is 0 Å². The van der Waals surface area contributed by atoms with E-state index >= 15 is 0 Å². The molecule has 0 amide bonds. The fourth-order valence-electron chi connectivity index (χ4n) is 11.7. The van der Waals surface area contributed by atoms with Crippen LogP contribution in [0.25, 0.3) is 43.8 Å². The molecule has 0 spiro atoms.